The van der Waals surface area contributed by atoms with Crippen molar-refractivity contribution in [2.45, 2.75) is 23.8 Å². The van der Waals surface area contributed by atoms with Crippen molar-refractivity contribution in [2.24, 2.45) is 0 Å². The summed E-state index contributed by atoms with van der Waals surface area (Å²) in [5, 5.41) is 0. The second kappa shape index (κ2) is 8.27. The Morgan fingerprint density at radius 2 is 1.62 bits per heavy atom. The van der Waals surface area contributed by atoms with Crippen LogP contribution in [0.1, 0.15) is 34.9 Å². The summed E-state index contributed by atoms with van der Waals surface area (Å²) in [6.07, 6.45) is 2.56. The molecule has 1 saturated heterocycles. The average Bonchev–Trinajstić information content (AvgIpc) is 3.21. The molecule has 1 fully saturated rings. The van der Waals surface area contributed by atoms with E-state index in [1.165, 1.54) is 0 Å². The molecule has 0 aliphatic carbocycles. The van der Waals surface area contributed by atoms with Gasteiger partial charge in [-0.25, -0.2) is 4.79 Å². The molecule has 0 aromatic heterocycles. The Bertz CT molecular complexity index is 798. The van der Waals surface area contributed by atoms with Crippen molar-refractivity contribution in [3.05, 3.63) is 65.7 Å². The van der Waals surface area contributed by atoms with Crippen LogP contribution in [0.25, 0.3) is 0 Å². The number of nitrogens with zero attached hydrogens (tertiary/aromatic N) is 1. The molecule has 2 atom stereocenters. The van der Waals surface area contributed by atoms with Crippen LogP contribution in [-0.4, -0.2) is 40.3 Å². The lowest BCUT2D eigenvalue weighted by Crippen LogP contribution is -2.34. The van der Waals surface area contributed by atoms with E-state index in [0.717, 1.165) is 12.8 Å². The van der Waals surface area contributed by atoms with E-state index in [1.807, 2.05) is 18.2 Å². The molecule has 3 rings (SSSR count). The number of benzene rings is 2. The first-order chi connectivity index (χ1) is 12.6. The monoisotopic (exact) mass is 371 g/mol. The lowest BCUT2D eigenvalue weighted by Gasteiger charge is -2.23. The molecular weight excluding hydrogens is 350 g/mol. The number of carbonyl (C=O) groups is 2. The second-order valence-corrected chi connectivity index (χ2v) is 7.59. The van der Waals surface area contributed by atoms with E-state index in [9.17, 15) is 13.8 Å². The molecule has 1 aliphatic heterocycles. The minimum Gasteiger partial charge on any atom is -0.444 e. The second-order valence-electron chi connectivity index (χ2n) is 6.21. The van der Waals surface area contributed by atoms with Crippen LogP contribution in [0.3, 0.4) is 0 Å². The van der Waals surface area contributed by atoms with Crippen LogP contribution in [0.5, 0.6) is 0 Å². The first kappa shape index (κ1) is 18.3. The number of rotatable bonds is 5. The molecule has 0 bridgehead atoms. The standard InChI is InChI=1S/C20H21NO4S/c1-26(24)17-11-9-16(10-12-17)20(23)25-18(15-7-3-2-4-8-15)19(22)21-13-5-6-14-21/h2-4,7-12,18H,5-6,13-14H2,1H3. The Labute approximate surface area is 155 Å². The number of carbonyl (C=O) groups excluding carboxylic acids is 2. The summed E-state index contributed by atoms with van der Waals surface area (Å²) in [6.45, 7) is 1.38. The number of likely N-dealkylation sites (tertiary alicyclic amines) is 1. The SMILES string of the molecule is CS(=O)c1ccc(C(=O)OC(C(=O)N2CCCC2)c2ccccc2)cc1. The third-order valence-corrected chi connectivity index (χ3v) is 5.33. The molecular formula is C20H21NO4S. The molecule has 0 spiro atoms. The van der Waals surface area contributed by atoms with E-state index >= 15 is 0 Å². The van der Waals surface area contributed by atoms with Gasteiger partial charge in [0.05, 0.1) is 5.56 Å². The van der Waals surface area contributed by atoms with E-state index in [1.54, 1.807) is 47.6 Å². The van der Waals surface area contributed by atoms with Crippen molar-refractivity contribution < 1.29 is 18.5 Å². The zero-order valence-electron chi connectivity index (χ0n) is 14.6. The Balaban J connectivity index is 1.81. The quantitative estimate of drug-likeness (QED) is 0.758. The number of ether oxygens (including phenoxy) is 1. The third-order valence-electron chi connectivity index (χ3n) is 4.39. The fourth-order valence-corrected chi connectivity index (χ4v) is 3.47. The average molecular weight is 371 g/mol. The van der Waals surface area contributed by atoms with Crippen LogP contribution < -0.4 is 0 Å². The summed E-state index contributed by atoms with van der Waals surface area (Å²) in [7, 11) is -1.11. The highest BCUT2D eigenvalue weighted by Crippen LogP contribution is 2.24. The topological polar surface area (TPSA) is 63.7 Å². The van der Waals surface area contributed by atoms with Gasteiger partial charge in [-0.05, 0) is 37.1 Å². The summed E-state index contributed by atoms with van der Waals surface area (Å²) in [6, 6.07) is 15.5. The number of hydrogen-bond donors (Lipinski definition) is 0. The van der Waals surface area contributed by atoms with Gasteiger partial charge in [-0.15, -0.1) is 0 Å². The summed E-state index contributed by atoms with van der Waals surface area (Å²) < 4.78 is 17.1. The van der Waals surface area contributed by atoms with E-state index in [0.29, 0.717) is 29.1 Å². The van der Waals surface area contributed by atoms with Crippen molar-refractivity contribution in [1.82, 2.24) is 4.90 Å². The molecule has 2 aromatic carbocycles. The molecule has 6 heteroatoms. The Morgan fingerprint density at radius 1 is 1.00 bits per heavy atom. The third kappa shape index (κ3) is 4.19. The lowest BCUT2D eigenvalue weighted by atomic mass is 10.1. The molecule has 5 nitrogen and oxygen atoms in total. The Hall–Kier alpha value is -2.47. The molecule has 1 amide bonds. The van der Waals surface area contributed by atoms with Crippen LogP contribution >= 0.6 is 0 Å². The van der Waals surface area contributed by atoms with E-state index in [4.69, 9.17) is 4.74 Å². The number of amides is 1. The Kier molecular flexibility index (Phi) is 5.83. The molecule has 0 radical (unpaired) electrons. The maximum absolute atomic E-state index is 12.9. The van der Waals surface area contributed by atoms with Crippen molar-refractivity contribution in [3.63, 3.8) is 0 Å². The van der Waals surface area contributed by atoms with E-state index in [2.05, 4.69) is 0 Å². The predicted molar refractivity (Wildman–Crippen MR) is 99.2 cm³/mol. The first-order valence-corrected chi connectivity index (χ1v) is 10.1. The molecule has 1 heterocycles. The lowest BCUT2D eigenvalue weighted by molar-refractivity contribution is -0.140. The van der Waals surface area contributed by atoms with Crippen LogP contribution in [0.4, 0.5) is 0 Å². The fraction of sp³-hybridized carbons (Fsp3) is 0.300. The number of esters is 1. The smallest absolute Gasteiger partial charge is 0.339 e. The van der Waals surface area contributed by atoms with Gasteiger partial charge in [0.15, 0.2) is 0 Å². The minimum atomic E-state index is -1.11. The maximum atomic E-state index is 12.9. The van der Waals surface area contributed by atoms with Crippen molar-refractivity contribution in [3.8, 4) is 0 Å². The first-order valence-electron chi connectivity index (χ1n) is 8.54. The molecule has 2 unspecified atom stereocenters. The highest BCUT2D eigenvalue weighted by molar-refractivity contribution is 7.84. The highest BCUT2D eigenvalue weighted by Gasteiger charge is 2.31. The van der Waals surface area contributed by atoms with Crippen molar-refractivity contribution in [1.29, 1.82) is 0 Å². The maximum Gasteiger partial charge on any atom is 0.339 e. The van der Waals surface area contributed by atoms with Crippen molar-refractivity contribution >= 4 is 22.7 Å². The summed E-state index contributed by atoms with van der Waals surface area (Å²) in [4.78, 5) is 27.8. The fourth-order valence-electron chi connectivity index (χ4n) is 2.95. The van der Waals surface area contributed by atoms with Crippen LogP contribution in [0.15, 0.2) is 59.5 Å². The normalized spacial score (nSPS) is 16.1. The van der Waals surface area contributed by atoms with Crippen LogP contribution in [0.2, 0.25) is 0 Å². The summed E-state index contributed by atoms with van der Waals surface area (Å²) in [5.74, 6) is -0.756. The zero-order chi connectivity index (χ0) is 18.5. The van der Waals surface area contributed by atoms with Gasteiger partial charge in [0.25, 0.3) is 5.91 Å². The highest BCUT2D eigenvalue weighted by atomic mass is 32.2. The molecule has 26 heavy (non-hydrogen) atoms. The summed E-state index contributed by atoms with van der Waals surface area (Å²) in [5.41, 5.74) is 0.985. The van der Waals surface area contributed by atoms with Crippen molar-refractivity contribution in [2.75, 3.05) is 19.3 Å². The molecule has 136 valence electrons. The zero-order valence-corrected chi connectivity index (χ0v) is 15.4. The van der Waals surface area contributed by atoms with Crippen LogP contribution in [-0.2, 0) is 20.3 Å². The molecule has 2 aromatic rings. The molecule has 1 aliphatic rings. The van der Waals surface area contributed by atoms with Gasteiger partial charge in [0, 0.05) is 40.6 Å². The molecule has 0 N–H and O–H groups in total. The van der Waals surface area contributed by atoms with Gasteiger partial charge in [-0.2, -0.15) is 0 Å². The van der Waals surface area contributed by atoms with E-state index in [-0.39, 0.29) is 5.91 Å². The van der Waals surface area contributed by atoms with E-state index < -0.39 is 22.9 Å². The van der Waals surface area contributed by atoms with Gasteiger partial charge in [0.2, 0.25) is 6.10 Å². The van der Waals surface area contributed by atoms with Gasteiger partial charge in [-0.3, -0.25) is 9.00 Å². The van der Waals surface area contributed by atoms with Gasteiger partial charge >= 0.3 is 5.97 Å². The molecule has 0 saturated carbocycles. The Morgan fingerprint density at radius 3 is 2.19 bits per heavy atom. The van der Waals surface area contributed by atoms with Gasteiger partial charge in [-0.1, -0.05) is 30.3 Å². The largest absolute Gasteiger partial charge is 0.444 e. The van der Waals surface area contributed by atoms with Gasteiger partial charge < -0.3 is 9.64 Å². The predicted octanol–water partition coefficient (Wildman–Crippen LogP) is 2.94. The van der Waals surface area contributed by atoms with Crippen LogP contribution in [0, 0.1) is 0 Å². The number of hydrogen-bond acceptors (Lipinski definition) is 4. The van der Waals surface area contributed by atoms with Gasteiger partial charge in [0.1, 0.15) is 0 Å². The summed E-state index contributed by atoms with van der Waals surface area (Å²) >= 11 is 0. The minimum absolute atomic E-state index is 0.187.